The molecule has 2 nitrogen and oxygen atoms in total. The van der Waals surface area contributed by atoms with Crippen molar-refractivity contribution < 1.29 is 0 Å². The number of hydrogen-bond acceptors (Lipinski definition) is 1. The molecule has 0 spiro atoms. The number of anilines is 1. The van der Waals surface area contributed by atoms with E-state index in [1.165, 1.54) is 38.5 Å². The molecule has 2 aliphatic rings. The van der Waals surface area contributed by atoms with Gasteiger partial charge in [-0.2, -0.15) is 0 Å². The van der Waals surface area contributed by atoms with Crippen LogP contribution in [0.3, 0.4) is 0 Å². The van der Waals surface area contributed by atoms with E-state index in [1.807, 2.05) is 18.2 Å². The van der Waals surface area contributed by atoms with Crippen molar-refractivity contribution in [2.75, 3.05) is 11.9 Å². The molecule has 1 saturated heterocycles. The number of thiocarbonyl (C=S) groups is 1. The average Bonchev–Trinajstić information content (AvgIpc) is 2.47. The van der Waals surface area contributed by atoms with E-state index in [2.05, 4.69) is 22.3 Å². The quantitative estimate of drug-likeness (QED) is 0.778. The van der Waals surface area contributed by atoms with Gasteiger partial charge in [0, 0.05) is 18.3 Å². The summed E-state index contributed by atoms with van der Waals surface area (Å²) in [5, 5.41) is 4.32. The Labute approximate surface area is 121 Å². The predicted molar refractivity (Wildman–Crippen MR) is 84.3 cm³/mol. The SMILES string of the molecule is S=C(Nc1ccccc1)N1CCC[C@H]2CCCC[C@H]21. The second-order valence-corrected chi connectivity index (χ2v) is 6.13. The number of piperidine rings is 1. The number of para-hydroxylation sites is 1. The van der Waals surface area contributed by atoms with Crippen LogP contribution in [0.2, 0.25) is 0 Å². The molecule has 0 bridgehead atoms. The molecule has 0 aromatic heterocycles. The van der Waals surface area contributed by atoms with E-state index < -0.39 is 0 Å². The summed E-state index contributed by atoms with van der Waals surface area (Å²) in [5.74, 6) is 0.873. The van der Waals surface area contributed by atoms with Crippen molar-refractivity contribution in [2.24, 2.45) is 5.92 Å². The fraction of sp³-hybridized carbons (Fsp3) is 0.562. The summed E-state index contributed by atoms with van der Waals surface area (Å²) >= 11 is 5.64. The van der Waals surface area contributed by atoms with E-state index >= 15 is 0 Å². The highest BCUT2D eigenvalue weighted by Crippen LogP contribution is 2.35. The first-order valence-corrected chi connectivity index (χ1v) is 7.88. The summed E-state index contributed by atoms with van der Waals surface area (Å²) < 4.78 is 0. The van der Waals surface area contributed by atoms with Gasteiger partial charge < -0.3 is 10.2 Å². The third-order valence-corrected chi connectivity index (χ3v) is 4.87. The zero-order valence-corrected chi connectivity index (χ0v) is 12.2. The van der Waals surface area contributed by atoms with E-state index in [9.17, 15) is 0 Å². The van der Waals surface area contributed by atoms with Gasteiger partial charge in [-0.1, -0.05) is 31.0 Å². The van der Waals surface area contributed by atoms with Gasteiger partial charge in [0.25, 0.3) is 0 Å². The minimum Gasteiger partial charge on any atom is -0.346 e. The number of nitrogens with zero attached hydrogens (tertiary/aromatic N) is 1. The summed E-state index contributed by atoms with van der Waals surface area (Å²) in [4.78, 5) is 2.45. The second-order valence-electron chi connectivity index (χ2n) is 5.74. The molecular formula is C16H22N2S. The highest BCUT2D eigenvalue weighted by atomic mass is 32.1. The van der Waals surface area contributed by atoms with Crippen molar-refractivity contribution in [3.8, 4) is 0 Å². The van der Waals surface area contributed by atoms with Gasteiger partial charge in [0.1, 0.15) is 0 Å². The van der Waals surface area contributed by atoms with Gasteiger partial charge in [0.15, 0.2) is 5.11 Å². The van der Waals surface area contributed by atoms with Crippen LogP contribution in [0, 0.1) is 5.92 Å². The zero-order valence-electron chi connectivity index (χ0n) is 11.3. The van der Waals surface area contributed by atoms with E-state index in [4.69, 9.17) is 12.2 Å². The average molecular weight is 274 g/mol. The van der Waals surface area contributed by atoms with Crippen molar-refractivity contribution in [3.63, 3.8) is 0 Å². The van der Waals surface area contributed by atoms with Crippen LogP contribution >= 0.6 is 12.2 Å². The first-order valence-electron chi connectivity index (χ1n) is 7.47. The predicted octanol–water partition coefficient (Wildman–Crippen LogP) is 4.04. The number of rotatable bonds is 1. The lowest BCUT2D eigenvalue weighted by molar-refractivity contribution is 0.121. The second kappa shape index (κ2) is 5.91. The van der Waals surface area contributed by atoms with Gasteiger partial charge in [-0.3, -0.25) is 0 Å². The molecule has 1 aliphatic carbocycles. The highest BCUT2D eigenvalue weighted by Gasteiger charge is 2.34. The molecule has 0 amide bonds. The maximum absolute atomic E-state index is 5.64. The van der Waals surface area contributed by atoms with Crippen LogP contribution in [-0.2, 0) is 0 Å². The van der Waals surface area contributed by atoms with Gasteiger partial charge in [0.2, 0.25) is 0 Å². The fourth-order valence-electron chi connectivity index (χ4n) is 3.59. The number of fused-ring (bicyclic) bond motifs is 1. The Bertz CT molecular complexity index is 430. The monoisotopic (exact) mass is 274 g/mol. The molecular weight excluding hydrogens is 252 g/mol. The summed E-state index contributed by atoms with van der Waals surface area (Å²) in [6.07, 6.45) is 8.18. The molecule has 1 aromatic carbocycles. The minimum atomic E-state index is 0.686. The topological polar surface area (TPSA) is 15.3 Å². The Hall–Kier alpha value is -1.09. The number of hydrogen-bond donors (Lipinski definition) is 1. The number of nitrogens with one attached hydrogen (secondary N) is 1. The van der Waals surface area contributed by atoms with Crippen molar-refractivity contribution in [3.05, 3.63) is 30.3 Å². The van der Waals surface area contributed by atoms with Crippen molar-refractivity contribution in [1.29, 1.82) is 0 Å². The molecule has 0 radical (unpaired) electrons. The molecule has 2 atom stereocenters. The summed E-state index contributed by atoms with van der Waals surface area (Å²) in [7, 11) is 0. The normalized spacial score (nSPS) is 26.6. The molecule has 3 heteroatoms. The summed E-state index contributed by atoms with van der Waals surface area (Å²) in [5.41, 5.74) is 1.10. The van der Waals surface area contributed by atoms with Gasteiger partial charge in [-0.25, -0.2) is 0 Å². The van der Waals surface area contributed by atoms with Crippen LogP contribution in [0.5, 0.6) is 0 Å². The molecule has 1 heterocycles. The largest absolute Gasteiger partial charge is 0.346 e. The van der Waals surface area contributed by atoms with Gasteiger partial charge in [-0.05, 0) is 56.0 Å². The van der Waals surface area contributed by atoms with Gasteiger partial charge >= 0.3 is 0 Å². The summed E-state index contributed by atoms with van der Waals surface area (Å²) in [6.45, 7) is 1.12. The van der Waals surface area contributed by atoms with Crippen molar-refractivity contribution >= 4 is 23.0 Å². The van der Waals surface area contributed by atoms with Gasteiger partial charge in [-0.15, -0.1) is 0 Å². The Morgan fingerprint density at radius 1 is 1.05 bits per heavy atom. The smallest absolute Gasteiger partial charge is 0.173 e. The molecule has 102 valence electrons. The molecule has 1 saturated carbocycles. The number of benzene rings is 1. The van der Waals surface area contributed by atoms with E-state index in [1.54, 1.807) is 0 Å². The Morgan fingerprint density at radius 2 is 1.79 bits per heavy atom. The third kappa shape index (κ3) is 2.92. The molecule has 2 fully saturated rings. The maximum atomic E-state index is 5.64. The van der Waals surface area contributed by atoms with E-state index in [0.717, 1.165) is 23.3 Å². The molecule has 1 aromatic rings. The number of likely N-dealkylation sites (tertiary alicyclic amines) is 1. The van der Waals surface area contributed by atoms with E-state index in [0.29, 0.717) is 6.04 Å². The van der Waals surface area contributed by atoms with Crippen molar-refractivity contribution in [2.45, 2.75) is 44.6 Å². The maximum Gasteiger partial charge on any atom is 0.173 e. The minimum absolute atomic E-state index is 0.686. The third-order valence-electron chi connectivity index (χ3n) is 4.53. The van der Waals surface area contributed by atoms with Crippen LogP contribution < -0.4 is 5.32 Å². The molecule has 1 N–H and O–H groups in total. The van der Waals surface area contributed by atoms with Crippen LogP contribution in [0.25, 0.3) is 0 Å². The zero-order chi connectivity index (χ0) is 13.1. The van der Waals surface area contributed by atoms with Crippen LogP contribution in [0.1, 0.15) is 38.5 Å². The van der Waals surface area contributed by atoms with Crippen LogP contribution in [0.15, 0.2) is 30.3 Å². The molecule has 1 aliphatic heterocycles. The lowest BCUT2D eigenvalue weighted by Crippen LogP contribution is -2.51. The van der Waals surface area contributed by atoms with Gasteiger partial charge in [0.05, 0.1) is 0 Å². The Morgan fingerprint density at radius 3 is 2.63 bits per heavy atom. The lowest BCUT2D eigenvalue weighted by atomic mass is 9.78. The fourth-order valence-corrected chi connectivity index (χ4v) is 3.94. The molecule has 19 heavy (non-hydrogen) atoms. The standard InChI is InChI=1S/C16H22N2S/c19-16(17-14-9-2-1-3-10-14)18-12-6-8-13-7-4-5-11-15(13)18/h1-3,9-10,13,15H,4-8,11-12H2,(H,17,19)/t13-,15-/m1/s1. The van der Waals surface area contributed by atoms with Crippen molar-refractivity contribution in [1.82, 2.24) is 4.90 Å². The molecule has 3 rings (SSSR count). The highest BCUT2D eigenvalue weighted by molar-refractivity contribution is 7.80. The van der Waals surface area contributed by atoms with Crippen LogP contribution in [-0.4, -0.2) is 22.6 Å². The Kier molecular flexibility index (Phi) is 4.02. The Balaban J connectivity index is 1.68. The first-order chi connectivity index (χ1) is 9.34. The lowest BCUT2D eigenvalue weighted by Gasteiger charge is -2.45. The van der Waals surface area contributed by atoms with Crippen LogP contribution in [0.4, 0.5) is 5.69 Å². The summed E-state index contributed by atoms with van der Waals surface area (Å²) in [6, 6.07) is 11.0. The molecule has 0 unspecified atom stereocenters. The first kappa shape index (κ1) is 12.9. The van der Waals surface area contributed by atoms with E-state index in [-0.39, 0.29) is 0 Å².